The number of rotatable bonds is 40. The van der Waals surface area contributed by atoms with E-state index in [1.165, 1.54) is 122 Å². The molecule has 0 radical (unpaired) electrons. The highest BCUT2D eigenvalue weighted by Crippen LogP contribution is 2.32. The summed E-state index contributed by atoms with van der Waals surface area (Å²) in [5, 5.41) is 16.6. The molecule has 0 aliphatic rings. The molecule has 0 aromatic heterocycles. The van der Waals surface area contributed by atoms with Gasteiger partial charge in [-0.3, -0.25) is 9.59 Å². The van der Waals surface area contributed by atoms with Gasteiger partial charge in [-0.05, 0) is 84.2 Å². The third kappa shape index (κ3) is 33.3. The Bertz CT molecular complexity index is 809. The molecule has 0 fully saturated rings. The molecule has 0 bridgehead atoms. The van der Waals surface area contributed by atoms with Gasteiger partial charge in [-0.1, -0.05) is 167 Å². The lowest BCUT2D eigenvalue weighted by Gasteiger charge is -2.27. The van der Waals surface area contributed by atoms with E-state index in [9.17, 15) is 14.7 Å². The highest BCUT2D eigenvalue weighted by atomic mass is 16.3. The summed E-state index contributed by atoms with van der Waals surface area (Å²) in [5.41, 5.74) is -0.794. The Morgan fingerprint density at radius 2 is 0.846 bits per heavy atom. The Kier molecular flexibility index (Phi) is 43.1. The number of carbonyl (C=O) groups is 2. The molecule has 0 saturated carbocycles. The third-order valence-electron chi connectivity index (χ3n) is 10.7. The topological polar surface area (TPSA) is 77.8 Å². The molecular weight excluding hydrogens is 643 g/mol. The Hall–Kier alpha value is -1.30. The van der Waals surface area contributed by atoms with Gasteiger partial charge in [-0.25, -0.2) is 0 Å². The van der Waals surface area contributed by atoms with Crippen LogP contribution < -0.4 is 0 Å². The number of aliphatic hydroxyl groups excluding tert-OH is 2. The van der Waals surface area contributed by atoms with Crippen LogP contribution in [0.1, 0.15) is 227 Å². The largest absolute Gasteiger partial charge is 0.400 e. The molecular formula is C47H91NO4. The maximum absolute atomic E-state index is 13.5. The minimum Gasteiger partial charge on any atom is -0.400 e. The second-order valence-corrected chi connectivity index (χ2v) is 15.5. The number of hydrogen-bond donors (Lipinski definition) is 2. The summed E-state index contributed by atoms with van der Waals surface area (Å²) in [4.78, 5) is 29.4. The molecule has 308 valence electrons. The van der Waals surface area contributed by atoms with Crippen molar-refractivity contribution in [2.75, 3.05) is 33.4 Å². The molecule has 5 heteroatoms. The number of hydrogen-bond acceptors (Lipinski definition) is 5. The van der Waals surface area contributed by atoms with E-state index < -0.39 is 5.41 Å². The number of nitrogens with zero attached hydrogens (tertiary/aromatic N) is 1. The van der Waals surface area contributed by atoms with Crippen molar-refractivity contribution in [3.05, 3.63) is 24.3 Å². The molecule has 0 aliphatic carbocycles. The van der Waals surface area contributed by atoms with Crippen LogP contribution >= 0.6 is 0 Å². The Labute approximate surface area is 325 Å². The van der Waals surface area contributed by atoms with E-state index in [2.05, 4.69) is 50.0 Å². The van der Waals surface area contributed by atoms with Gasteiger partial charge in [0.15, 0.2) is 0 Å². The van der Waals surface area contributed by atoms with Gasteiger partial charge in [-0.2, -0.15) is 0 Å². The minimum atomic E-state index is -0.794. The predicted molar refractivity (Wildman–Crippen MR) is 228 cm³/mol. The summed E-state index contributed by atoms with van der Waals surface area (Å²) in [7, 11) is 1.00. The summed E-state index contributed by atoms with van der Waals surface area (Å²) in [6, 6.07) is 0. The number of aliphatic hydroxyl groups is 2. The van der Waals surface area contributed by atoms with Gasteiger partial charge in [0.1, 0.15) is 11.6 Å². The van der Waals surface area contributed by atoms with Gasteiger partial charge in [0.2, 0.25) is 0 Å². The normalized spacial score (nSPS) is 12.8. The summed E-state index contributed by atoms with van der Waals surface area (Å²) in [6.45, 7) is 11.8. The molecule has 52 heavy (non-hydrogen) atoms. The maximum atomic E-state index is 13.5. The average molecular weight is 734 g/mol. The Morgan fingerprint density at radius 3 is 1.31 bits per heavy atom. The molecule has 0 heterocycles. The average Bonchev–Trinajstić information content (AvgIpc) is 3.15. The van der Waals surface area contributed by atoms with Crippen LogP contribution in [0.4, 0.5) is 0 Å². The first-order valence-electron chi connectivity index (χ1n) is 22.6. The molecule has 0 aromatic rings. The molecule has 0 aromatic carbocycles. The minimum absolute atomic E-state index is 0.198. The lowest BCUT2D eigenvalue weighted by molar-refractivity contribution is -0.140. The van der Waals surface area contributed by atoms with Crippen molar-refractivity contribution in [3.63, 3.8) is 0 Å². The molecule has 0 aliphatic heterocycles. The lowest BCUT2D eigenvalue weighted by atomic mass is 9.73. The van der Waals surface area contributed by atoms with Crippen LogP contribution in [0.5, 0.6) is 0 Å². The molecule has 0 amide bonds. The first-order valence-corrected chi connectivity index (χ1v) is 22.6. The second kappa shape index (κ2) is 42.4. The van der Waals surface area contributed by atoms with Crippen LogP contribution in [0.2, 0.25) is 0 Å². The zero-order valence-corrected chi connectivity index (χ0v) is 35.7. The maximum Gasteiger partial charge on any atom is 0.146 e. The van der Waals surface area contributed by atoms with E-state index in [-0.39, 0.29) is 18.2 Å². The zero-order chi connectivity index (χ0) is 38.8. The first-order chi connectivity index (χ1) is 25.5. The molecule has 1 atom stereocenters. The van der Waals surface area contributed by atoms with Crippen molar-refractivity contribution in [1.29, 1.82) is 0 Å². The van der Waals surface area contributed by atoms with Gasteiger partial charge in [0, 0.05) is 26.5 Å². The molecule has 0 saturated heterocycles. The van der Waals surface area contributed by atoms with E-state index >= 15 is 0 Å². The van der Waals surface area contributed by atoms with Crippen LogP contribution in [0.3, 0.4) is 0 Å². The first kappa shape index (κ1) is 52.8. The highest BCUT2D eigenvalue weighted by molar-refractivity contribution is 6.06. The fourth-order valence-corrected chi connectivity index (χ4v) is 7.09. The molecule has 0 rings (SSSR count). The summed E-state index contributed by atoms with van der Waals surface area (Å²) < 4.78 is 0. The van der Waals surface area contributed by atoms with Crippen LogP contribution in [0.15, 0.2) is 24.3 Å². The van der Waals surface area contributed by atoms with Crippen LogP contribution in [0.25, 0.3) is 0 Å². The SMILES string of the molecule is CCCCC/C=C\C/C=C\CCCCCCCCN(CCO)CCCCCCC(C)(C(=O)CCCCCCC)C(=O)CCCCCCCCC.CO. The number of Topliss-reactive ketones (excluding diaryl/α,β-unsaturated/α-hetero) is 2. The summed E-state index contributed by atoms with van der Waals surface area (Å²) in [5.74, 6) is 0.399. The van der Waals surface area contributed by atoms with E-state index in [0.717, 1.165) is 84.5 Å². The molecule has 1 unspecified atom stereocenters. The van der Waals surface area contributed by atoms with Crippen LogP contribution in [-0.4, -0.2) is 60.0 Å². The van der Waals surface area contributed by atoms with Crippen LogP contribution in [0, 0.1) is 5.41 Å². The predicted octanol–water partition coefficient (Wildman–Crippen LogP) is 13.3. The van der Waals surface area contributed by atoms with Crippen molar-refractivity contribution < 1.29 is 19.8 Å². The van der Waals surface area contributed by atoms with E-state index in [4.69, 9.17) is 5.11 Å². The quantitative estimate of drug-likeness (QED) is 0.0372. The Balaban J connectivity index is 0. The van der Waals surface area contributed by atoms with Gasteiger partial charge >= 0.3 is 0 Å². The van der Waals surface area contributed by atoms with E-state index in [0.29, 0.717) is 19.3 Å². The van der Waals surface area contributed by atoms with Gasteiger partial charge in [0.05, 0.1) is 12.0 Å². The number of allylic oxidation sites excluding steroid dienone is 4. The molecule has 0 spiro atoms. The van der Waals surface area contributed by atoms with Gasteiger partial charge in [0.25, 0.3) is 0 Å². The van der Waals surface area contributed by atoms with Crippen molar-refractivity contribution in [2.24, 2.45) is 5.41 Å². The van der Waals surface area contributed by atoms with Crippen LogP contribution in [-0.2, 0) is 9.59 Å². The van der Waals surface area contributed by atoms with Gasteiger partial charge in [-0.15, -0.1) is 0 Å². The Morgan fingerprint density at radius 1 is 0.481 bits per heavy atom. The van der Waals surface area contributed by atoms with Gasteiger partial charge < -0.3 is 15.1 Å². The van der Waals surface area contributed by atoms with Crippen molar-refractivity contribution in [1.82, 2.24) is 4.90 Å². The van der Waals surface area contributed by atoms with Crippen molar-refractivity contribution in [3.8, 4) is 0 Å². The highest BCUT2D eigenvalue weighted by Gasteiger charge is 2.38. The summed E-state index contributed by atoms with van der Waals surface area (Å²) >= 11 is 0. The third-order valence-corrected chi connectivity index (χ3v) is 10.7. The van der Waals surface area contributed by atoms with E-state index in [1.807, 2.05) is 6.92 Å². The number of unbranched alkanes of at least 4 members (excludes halogenated alkanes) is 22. The van der Waals surface area contributed by atoms with Crippen molar-refractivity contribution >= 4 is 11.6 Å². The van der Waals surface area contributed by atoms with Crippen molar-refractivity contribution in [2.45, 2.75) is 227 Å². The fraction of sp³-hybridized carbons (Fsp3) is 0.872. The molecule has 5 nitrogen and oxygen atoms in total. The lowest BCUT2D eigenvalue weighted by Crippen LogP contribution is -2.36. The fourth-order valence-electron chi connectivity index (χ4n) is 7.09. The second-order valence-electron chi connectivity index (χ2n) is 15.5. The summed E-state index contributed by atoms with van der Waals surface area (Å²) in [6.07, 6.45) is 44.7. The standard InChI is InChI=1S/C46H87NO3.CH4O/c1-5-8-11-14-16-17-18-19-20-21-22-23-24-26-30-35-40-47(42-43-48)41-36-31-29-34-39-46(4,44(49)37-32-27-13-10-7-3)45(50)38-33-28-25-15-12-9-6-2;1-2/h16-17,19-20,48H,5-15,18,21-43H2,1-4H3;2H,1H3/b17-16-,20-19-;. The monoisotopic (exact) mass is 734 g/mol. The number of ketones is 2. The zero-order valence-electron chi connectivity index (χ0n) is 35.7. The number of carbonyl (C=O) groups excluding carboxylic acids is 2. The smallest absolute Gasteiger partial charge is 0.146 e. The molecule has 2 N–H and O–H groups in total. The van der Waals surface area contributed by atoms with E-state index in [1.54, 1.807) is 0 Å².